The first-order valence-corrected chi connectivity index (χ1v) is 9.14. The van der Waals surface area contributed by atoms with Gasteiger partial charge in [0.2, 0.25) is 5.16 Å². The zero-order chi connectivity index (χ0) is 18.1. The molecule has 2 aromatic carbocycles. The smallest absolute Gasteiger partial charge is 0.212 e. The number of aromatic nitrogens is 3. The van der Waals surface area contributed by atoms with Crippen LogP contribution in [0.2, 0.25) is 0 Å². The normalized spacial score (nSPS) is 13.1. The summed E-state index contributed by atoms with van der Waals surface area (Å²) in [5.41, 5.74) is 4.11. The van der Waals surface area contributed by atoms with E-state index in [4.69, 9.17) is 14.6 Å². The minimum Gasteiger partial charge on any atom is -0.493 e. The number of methoxy groups -OCH3 is 2. The minimum absolute atomic E-state index is 0.618. The van der Waals surface area contributed by atoms with Crippen LogP contribution in [0.3, 0.4) is 0 Å². The molecular weight excluding hydrogens is 348 g/mol. The van der Waals surface area contributed by atoms with Crippen molar-refractivity contribution in [1.82, 2.24) is 14.9 Å². The van der Waals surface area contributed by atoms with Gasteiger partial charge in [-0.05, 0) is 24.6 Å². The van der Waals surface area contributed by atoms with E-state index in [-0.39, 0.29) is 0 Å². The molecule has 0 spiro atoms. The average molecular weight is 366 g/mol. The van der Waals surface area contributed by atoms with Crippen LogP contribution in [0.4, 0.5) is 0 Å². The summed E-state index contributed by atoms with van der Waals surface area (Å²) < 4.78 is 12.7. The number of nitrogens with zero attached hydrogens (tertiary/aromatic N) is 4. The van der Waals surface area contributed by atoms with Crippen LogP contribution < -0.4 is 9.47 Å². The fraction of sp³-hybridized carbons (Fsp3) is 0.211. The molecule has 132 valence electrons. The average Bonchev–Trinajstić information content (AvgIpc) is 3.10. The molecule has 0 atom stereocenters. The van der Waals surface area contributed by atoms with Crippen molar-refractivity contribution in [3.8, 4) is 22.9 Å². The van der Waals surface area contributed by atoms with E-state index in [1.165, 1.54) is 5.56 Å². The van der Waals surface area contributed by atoms with E-state index in [9.17, 15) is 0 Å². The van der Waals surface area contributed by atoms with Gasteiger partial charge in [-0.25, -0.2) is 0 Å². The van der Waals surface area contributed by atoms with Crippen molar-refractivity contribution in [3.05, 3.63) is 53.6 Å². The molecule has 0 amide bonds. The summed E-state index contributed by atoms with van der Waals surface area (Å²) in [6.07, 6.45) is 0. The third-order valence-electron chi connectivity index (χ3n) is 4.20. The Morgan fingerprint density at radius 1 is 1.00 bits per heavy atom. The van der Waals surface area contributed by atoms with Crippen LogP contribution in [-0.4, -0.2) is 40.6 Å². The number of para-hydroxylation sites is 1. The summed E-state index contributed by atoms with van der Waals surface area (Å²) >= 11 is 1.62. The lowest BCUT2D eigenvalue weighted by atomic mass is 10.1. The standard InChI is InChI=1S/C19H18N4O2S/c1-12-7-9-13(10-8-12)15-11-26-19-21-20-18(23(19)22-15)14-5-4-6-16(24-2)17(14)25-3/h4-10H,11H2,1-3H3. The Labute approximate surface area is 155 Å². The lowest BCUT2D eigenvalue weighted by Gasteiger charge is -2.15. The highest BCUT2D eigenvalue weighted by atomic mass is 32.2. The van der Waals surface area contributed by atoms with Crippen molar-refractivity contribution in [2.45, 2.75) is 12.1 Å². The van der Waals surface area contributed by atoms with Crippen LogP contribution in [0.25, 0.3) is 11.4 Å². The molecule has 0 fully saturated rings. The predicted molar refractivity (Wildman–Crippen MR) is 102 cm³/mol. The van der Waals surface area contributed by atoms with Gasteiger partial charge in [0, 0.05) is 5.75 Å². The molecule has 0 aliphatic carbocycles. The Kier molecular flexibility index (Phi) is 4.38. The Morgan fingerprint density at radius 3 is 2.54 bits per heavy atom. The van der Waals surface area contributed by atoms with Crippen LogP contribution in [0.15, 0.2) is 52.7 Å². The molecule has 3 aromatic rings. The van der Waals surface area contributed by atoms with Crippen LogP contribution >= 0.6 is 11.8 Å². The van der Waals surface area contributed by atoms with E-state index >= 15 is 0 Å². The summed E-state index contributed by atoms with van der Waals surface area (Å²) in [5.74, 6) is 2.66. The van der Waals surface area contributed by atoms with Crippen LogP contribution in [0, 0.1) is 6.92 Å². The quantitative estimate of drug-likeness (QED) is 0.706. The molecule has 0 bridgehead atoms. The second-order valence-electron chi connectivity index (χ2n) is 5.86. The lowest BCUT2D eigenvalue weighted by Crippen LogP contribution is -2.14. The van der Waals surface area contributed by atoms with Gasteiger partial charge in [0.05, 0.1) is 25.5 Å². The largest absolute Gasteiger partial charge is 0.493 e. The SMILES string of the molecule is COc1cccc(-c2nnc3n2N=C(c2ccc(C)cc2)CS3)c1OC. The summed E-state index contributed by atoms with van der Waals surface area (Å²) in [6.45, 7) is 2.08. The molecule has 0 N–H and O–H groups in total. The van der Waals surface area contributed by atoms with Crippen LogP contribution in [0.5, 0.6) is 11.5 Å². The number of hydrogen-bond acceptors (Lipinski definition) is 6. The number of rotatable bonds is 4. The monoisotopic (exact) mass is 366 g/mol. The first kappa shape index (κ1) is 16.7. The fourth-order valence-corrected chi connectivity index (χ4v) is 3.68. The van der Waals surface area contributed by atoms with Crippen molar-refractivity contribution in [2.24, 2.45) is 5.10 Å². The number of ether oxygens (including phenoxy) is 2. The van der Waals surface area contributed by atoms with Crippen molar-refractivity contribution >= 4 is 17.5 Å². The highest BCUT2D eigenvalue weighted by molar-refractivity contribution is 7.99. The molecule has 0 saturated carbocycles. The molecule has 1 aliphatic rings. The second-order valence-corrected chi connectivity index (χ2v) is 6.80. The molecule has 26 heavy (non-hydrogen) atoms. The number of fused-ring (bicyclic) bond motifs is 1. The highest BCUT2D eigenvalue weighted by Crippen LogP contribution is 2.38. The van der Waals surface area contributed by atoms with Gasteiger partial charge in [-0.2, -0.15) is 9.78 Å². The van der Waals surface area contributed by atoms with Gasteiger partial charge in [0.25, 0.3) is 0 Å². The number of thioether (sulfide) groups is 1. The first-order valence-electron chi connectivity index (χ1n) is 8.15. The Balaban J connectivity index is 1.82. The summed E-state index contributed by atoms with van der Waals surface area (Å²) in [6, 6.07) is 14.1. The van der Waals surface area contributed by atoms with Gasteiger partial charge in [-0.15, -0.1) is 10.2 Å². The van der Waals surface area contributed by atoms with Crippen molar-refractivity contribution in [1.29, 1.82) is 0 Å². The Bertz CT molecular complexity index is 980. The summed E-state index contributed by atoms with van der Waals surface area (Å²) in [5, 5.41) is 14.2. The van der Waals surface area contributed by atoms with Gasteiger partial charge >= 0.3 is 0 Å². The molecule has 6 nitrogen and oxygen atoms in total. The Hall–Kier alpha value is -2.80. The lowest BCUT2D eigenvalue weighted by molar-refractivity contribution is 0.356. The van der Waals surface area contributed by atoms with Gasteiger partial charge in [0.15, 0.2) is 17.3 Å². The zero-order valence-electron chi connectivity index (χ0n) is 14.8. The third-order valence-corrected chi connectivity index (χ3v) is 5.13. The van der Waals surface area contributed by atoms with Crippen LogP contribution in [0.1, 0.15) is 11.1 Å². The fourth-order valence-electron chi connectivity index (χ4n) is 2.85. The van der Waals surface area contributed by atoms with Crippen molar-refractivity contribution < 1.29 is 9.47 Å². The zero-order valence-corrected chi connectivity index (χ0v) is 15.6. The molecule has 0 radical (unpaired) electrons. The maximum atomic E-state index is 5.55. The molecule has 1 aliphatic heterocycles. The minimum atomic E-state index is 0.618. The Morgan fingerprint density at radius 2 is 1.81 bits per heavy atom. The van der Waals surface area contributed by atoms with Gasteiger partial charge in [-0.1, -0.05) is 47.7 Å². The molecule has 7 heteroatoms. The predicted octanol–water partition coefficient (Wildman–Crippen LogP) is 3.63. The van der Waals surface area contributed by atoms with Crippen molar-refractivity contribution in [3.63, 3.8) is 0 Å². The van der Waals surface area contributed by atoms with E-state index in [0.717, 1.165) is 27.7 Å². The van der Waals surface area contributed by atoms with Gasteiger partial charge < -0.3 is 9.47 Å². The molecule has 2 heterocycles. The topological polar surface area (TPSA) is 61.5 Å². The van der Waals surface area contributed by atoms with E-state index in [2.05, 4.69) is 41.4 Å². The van der Waals surface area contributed by atoms with E-state index < -0.39 is 0 Å². The molecule has 0 unspecified atom stereocenters. The summed E-state index contributed by atoms with van der Waals surface area (Å²) in [7, 11) is 3.23. The number of hydrogen-bond donors (Lipinski definition) is 0. The van der Waals surface area contributed by atoms with Crippen molar-refractivity contribution in [2.75, 3.05) is 20.0 Å². The third kappa shape index (κ3) is 2.84. The van der Waals surface area contributed by atoms with E-state index in [1.807, 2.05) is 18.2 Å². The molecule has 0 saturated heterocycles. The van der Waals surface area contributed by atoms with E-state index in [0.29, 0.717) is 17.3 Å². The number of aryl methyl sites for hydroxylation is 1. The maximum Gasteiger partial charge on any atom is 0.212 e. The van der Waals surface area contributed by atoms with Gasteiger partial charge in [-0.3, -0.25) is 0 Å². The van der Waals surface area contributed by atoms with E-state index in [1.54, 1.807) is 30.7 Å². The first-order chi connectivity index (χ1) is 12.7. The van der Waals surface area contributed by atoms with Crippen LogP contribution in [-0.2, 0) is 0 Å². The second kappa shape index (κ2) is 6.84. The highest BCUT2D eigenvalue weighted by Gasteiger charge is 2.23. The summed E-state index contributed by atoms with van der Waals surface area (Å²) in [4.78, 5) is 0. The molecule has 4 rings (SSSR count). The maximum absolute atomic E-state index is 5.55. The van der Waals surface area contributed by atoms with Gasteiger partial charge in [0.1, 0.15) is 0 Å². The molecule has 1 aromatic heterocycles. The molecular formula is C19H18N4O2S. The number of benzene rings is 2.